The Bertz CT molecular complexity index is 1250. The third-order valence-corrected chi connectivity index (χ3v) is 4.56. The molecular formula is C20H15ClF3N5O4. The van der Waals surface area contributed by atoms with E-state index in [4.69, 9.17) is 16.3 Å². The summed E-state index contributed by atoms with van der Waals surface area (Å²) in [5.41, 5.74) is -0.963. The number of ether oxygens (including phenoxy) is 2. The van der Waals surface area contributed by atoms with E-state index in [2.05, 4.69) is 20.3 Å². The van der Waals surface area contributed by atoms with Crippen molar-refractivity contribution in [2.75, 3.05) is 7.11 Å². The van der Waals surface area contributed by atoms with E-state index in [1.54, 1.807) is 0 Å². The third kappa shape index (κ3) is 5.69. The molecule has 9 nitrogen and oxygen atoms in total. The van der Waals surface area contributed by atoms with Gasteiger partial charge in [-0.15, -0.1) is 13.2 Å². The van der Waals surface area contributed by atoms with Gasteiger partial charge in [0.25, 0.3) is 5.91 Å². The number of aromatic nitrogens is 3. The number of nitrogens with zero attached hydrogens (tertiary/aromatic N) is 4. The van der Waals surface area contributed by atoms with Crippen LogP contribution in [0, 0.1) is 11.3 Å². The first-order valence-electron chi connectivity index (χ1n) is 9.15. The summed E-state index contributed by atoms with van der Waals surface area (Å²) >= 11 is 6.01. The number of carbonyl (C=O) groups excluding carboxylic acids is 2. The molecule has 2 aromatic carbocycles. The van der Waals surface area contributed by atoms with Crippen LogP contribution in [0.5, 0.6) is 5.75 Å². The van der Waals surface area contributed by atoms with E-state index in [1.165, 1.54) is 26.2 Å². The Morgan fingerprint density at radius 1 is 1.21 bits per heavy atom. The number of amides is 1. The average Bonchev–Trinajstić information content (AvgIpc) is 3.13. The van der Waals surface area contributed by atoms with E-state index in [9.17, 15) is 28.0 Å². The van der Waals surface area contributed by atoms with Gasteiger partial charge in [-0.3, -0.25) is 4.79 Å². The number of benzene rings is 2. The highest BCUT2D eigenvalue weighted by Crippen LogP contribution is 2.24. The lowest BCUT2D eigenvalue weighted by Crippen LogP contribution is -2.48. The average molecular weight is 482 g/mol. The Hall–Kier alpha value is -3.85. The molecule has 0 radical (unpaired) electrons. The summed E-state index contributed by atoms with van der Waals surface area (Å²) in [5.74, 6) is -1.88. The minimum atomic E-state index is -4.86. The first kappa shape index (κ1) is 23.8. The van der Waals surface area contributed by atoms with Gasteiger partial charge >= 0.3 is 12.3 Å². The van der Waals surface area contributed by atoms with E-state index < -0.39 is 29.5 Å². The fourth-order valence-electron chi connectivity index (χ4n) is 2.88. The Morgan fingerprint density at radius 3 is 2.45 bits per heavy atom. The first-order valence-corrected chi connectivity index (χ1v) is 9.53. The van der Waals surface area contributed by atoms with E-state index in [-0.39, 0.29) is 33.7 Å². The molecule has 0 aliphatic carbocycles. The molecule has 1 atom stereocenters. The third-order valence-electron chi connectivity index (χ3n) is 4.34. The molecule has 0 saturated heterocycles. The van der Waals surface area contributed by atoms with E-state index in [0.717, 1.165) is 29.1 Å². The van der Waals surface area contributed by atoms with Crippen molar-refractivity contribution >= 4 is 34.5 Å². The SMILES string of the molecule is COC(=O)c1cc(Cl)cc2nn(CC(C)(C#N)NC(=O)c3ccc(OC(F)(F)F)cc3)nc12. The number of fused-ring (bicyclic) bond motifs is 1. The molecule has 1 unspecified atom stereocenters. The van der Waals surface area contributed by atoms with Gasteiger partial charge in [-0.25, -0.2) is 4.79 Å². The van der Waals surface area contributed by atoms with Crippen LogP contribution in [-0.4, -0.2) is 45.9 Å². The van der Waals surface area contributed by atoms with Crippen molar-refractivity contribution in [3.63, 3.8) is 0 Å². The van der Waals surface area contributed by atoms with Crippen LogP contribution < -0.4 is 10.1 Å². The molecule has 0 fully saturated rings. The molecule has 1 amide bonds. The van der Waals surface area contributed by atoms with Gasteiger partial charge < -0.3 is 14.8 Å². The summed E-state index contributed by atoms with van der Waals surface area (Å²) in [6, 6.07) is 8.99. The number of carbonyl (C=O) groups is 2. The molecule has 172 valence electrons. The maximum absolute atomic E-state index is 12.6. The molecule has 3 rings (SSSR count). The van der Waals surface area contributed by atoms with Crippen molar-refractivity contribution in [2.45, 2.75) is 25.4 Å². The summed E-state index contributed by atoms with van der Waals surface area (Å²) in [7, 11) is 1.20. The molecule has 3 aromatic rings. The maximum atomic E-state index is 12.6. The van der Waals surface area contributed by atoms with Gasteiger partial charge in [-0.2, -0.15) is 20.3 Å². The summed E-state index contributed by atoms with van der Waals surface area (Å²) in [5, 5.41) is 20.8. The second-order valence-corrected chi connectivity index (χ2v) is 7.45. The number of halogens is 4. The molecule has 1 N–H and O–H groups in total. The smallest absolute Gasteiger partial charge is 0.465 e. The molecular weight excluding hydrogens is 467 g/mol. The van der Waals surface area contributed by atoms with Crippen molar-refractivity contribution in [3.05, 3.63) is 52.5 Å². The standard InChI is InChI=1S/C20H15ClF3N5O4/c1-19(9-25,26-17(30)11-3-5-13(6-4-11)33-20(22,23)24)10-29-27-15-8-12(21)7-14(16(15)28-29)18(31)32-2/h3-8H,10H2,1-2H3,(H,26,30). The number of esters is 1. The zero-order chi connectivity index (χ0) is 24.4. The number of nitrogens with one attached hydrogen (secondary N) is 1. The quantitative estimate of drug-likeness (QED) is 0.535. The van der Waals surface area contributed by atoms with Crippen LogP contribution in [-0.2, 0) is 11.3 Å². The molecule has 0 aliphatic rings. The fraction of sp³-hybridized carbons (Fsp3) is 0.250. The van der Waals surface area contributed by atoms with Gasteiger partial charge in [0.15, 0.2) is 0 Å². The van der Waals surface area contributed by atoms with Crippen molar-refractivity contribution in [2.24, 2.45) is 0 Å². The van der Waals surface area contributed by atoms with Gasteiger partial charge in [0.2, 0.25) is 0 Å². The van der Waals surface area contributed by atoms with Crippen LogP contribution in [0.4, 0.5) is 13.2 Å². The maximum Gasteiger partial charge on any atom is 0.573 e. The summed E-state index contributed by atoms with van der Waals surface area (Å²) in [6.07, 6.45) is -4.86. The minimum Gasteiger partial charge on any atom is -0.465 e. The van der Waals surface area contributed by atoms with E-state index in [1.807, 2.05) is 6.07 Å². The minimum absolute atomic E-state index is 0.00402. The number of alkyl halides is 3. The van der Waals surface area contributed by atoms with Gasteiger partial charge in [0.05, 0.1) is 25.3 Å². The number of methoxy groups -OCH3 is 1. The van der Waals surface area contributed by atoms with Crippen molar-refractivity contribution in [3.8, 4) is 11.8 Å². The highest BCUT2D eigenvalue weighted by molar-refractivity contribution is 6.31. The van der Waals surface area contributed by atoms with Gasteiger partial charge in [-0.05, 0) is 43.3 Å². The van der Waals surface area contributed by atoms with Gasteiger partial charge in [0.1, 0.15) is 22.3 Å². The van der Waals surface area contributed by atoms with Crippen molar-refractivity contribution < 1.29 is 32.2 Å². The predicted octanol–water partition coefficient (Wildman–Crippen LogP) is 3.48. The number of nitriles is 1. The lowest BCUT2D eigenvalue weighted by Gasteiger charge is -2.22. The molecule has 1 aromatic heterocycles. The molecule has 13 heteroatoms. The number of hydrogen-bond acceptors (Lipinski definition) is 7. The Balaban J connectivity index is 1.81. The molecule has 0 bridgehead atoms. The monoisotopic (exact) mass is 481 g/mol. The largest absolute Gasteiger partial charge is 0.573 e. The summed E-state index contributed by atoms with van der Waals surface area (Å²) < 4.78 is 45.3. The second kappa shape index (κ2) is 8.95. The topological polar surface area (TPSA) is 119 Å². The summed E-state index contributed by atoms with van der Waals surface area (Å²) in [6.45, 7) is 1.20. The first-order chi connectivity index (χ1) is 15.4. The highest BCUT2D eigenvalue weighted by Gasteiger charge is 2.32. The lowest BCUT2D eigenvalue weighted by atomic mass is 10.0. The van der Waals surface area contributed by atoms with E-state index >= 15 is 0 Å². The number of hydrogen-bond donors (Lipinski definition) is 1. The zero-order valence-electron chi connectivity index (χ0n) is 17.1. The molecule has 0 aliphatic heterocycles. The Morgan fingerprint density at radius 2 is 1.88 bits per heavy atom. The van der Waals surface area contributed by atoms with Crippen LogP contribution >= 0.6 is 11.6 Å². The van der Waals surface area contributed by atoms with Crippen molar-refractivity contribution in [1.82, 2.24) is 20.3 Å². The van der Waals surface area contributed by atoms with Gasteiger partial charge in [-0.1, -0.05) is 11.6 Å². The summed E-state index contributed by atoms with van der Waals surface area (Å²) in [4.78, 5) is 25.7. The molecule has 33 heavy (non-hydrogen) atoms. The van der Waals surface area contributed by atoms with Crippen molar-refractivity contribution in [1.29, 1.82) is 5.26 Å². The van der Waals surface area contributed by atoms with Crippen LogP contribution in [0.3, 0.4) is 0 Å². The van der Waals surface area contributed by atoms with Crippen LogP contribution in [0.1, 0.15) is 27.6 Å². The highest BCUT2D eigenvalue weighted by atomic mass is 35.5. The fourth-order valence-corrected chi connectivity index (χ4v) is 3.09. The lowest BCUT2D eigenvalue weighted by molar-refractivity contribution is -0.274. The molecule has 0 saturated carbocycles. The molecule has 1 heterocycles. The van der Waals surface area contributed by atoms with Gasteiger partial charge in [0, 0.05) is 10.6 Å². The van der Waals surface area contributed by atoms with Crippen LogP contribution in [0.15, 0.2) is 36.4 Å². The van der Waals surface area contributed by atoms with Crippen LogP contribution in [0.2, 0.25) is 5.02 Å². The molecule has 0 spiro atoms. The second-order valence-electron chi connectivity index (χ2n) is 7.01. The zero-order valence-corrected chi connectivity index (χ0v) is 17.9. The number of rotatable bonds is 6. The Kier molecular flexibility index (Phi) is 6.46. The van der Waals surface area contributed by atoms with E-state index in [0.29, 0.717) is 0 Å². The normalized spacial score (nSPS) is 13.1. The Labute approximate surface area is 189 Å². The van der Waals surface area contributed by atoms with Crippen LogP contribution in [0.25, 0.3) is 11.0 Å². The predicted molar refractivity (Wildman–Crippen MR) is 108 cm³/mol.